The summed E-state index contributed by atoms with van der Waals surface area (Å²) < 4.78 is 0. The van der Waals surface area contributed by atoms with Gasteiger partial charge in [0.2, 0.25) is 0 Å². The molecule has 3 nitrogen and oxygen atoms in total. The van der Waals surface area contributed by atoms with Crippen LogP contribution in [0.4, 0.5) is 0 Å². The van der Waals surface area contributed by atoms with E-state index in [9.17, 15) is 0 Å². The van der Waals surface area contributed by atoms with Gasteiger partial charge in [0.15, 0.2) is 0 Å². The van der Waals surface area contributed by atoms with E-state index in [1.807, 2.05) is 39.4 Å². The molecule has 1 aliphatic rings. The molecule has 3 heteroatoms. The average molecular weight is 207 g/mol. The van der Waals surface area contributed by atoms with E-state index < -0.39 is 0 Å². The highest BCUT2D eigenvalue weighted by Crippen LogP contribution is 2.25. The molecule has 0 aromatic carbocycles. The van der Waals surface area contributed by atoms with Crippen LogP contribution >= 0.6 is 0 Å². The summed E-state index contributed by atoms with van der Waals surface area (Å²) >= 11 is 0. The van der Waals surface area contributed by atoms with Crippen molar-refractivity contribution in [2.24, 2.45) is 15.0 Å². The van der Waals surface area contributed by atoms with Crippen molar-refractivity contribution in [1.29, 1.82) is 0 Å². The monoisotopic (exact) mass is 207 g/mol. The van der Waals surface area contributed by atoms with Gasteiger partial charge >= 0.3 is 0 Å². The van der Waals surface area contributed by atoms with Gasteiger partial charge in [0, 0.05) is 0 Å². The van der Waals surface area contributed by atoms with E-state index >= 15 is 0 Å². The minimum absolute atomic E-state index is 0.408. The van der Waals surface area contributed by atoms with Crippen molar-refractivity contribution in [3.05, 3.63) is 0 Å². The van der Waals surface area contributed by atoms with E-state index in [4.69, 9.17) is 0 Å². The summed E-state index contributed by atoms with van der Waals surface area (Å²) in [6.07, 6.45) is 8.92. The molecule has 0 aliphatic heterocycles. The number of aliphatic imine (C=N–C) groups is 3. The lowest BCUT2D eigenvalue weighted by atomic mass is 9.88. The lowest BCUT2D eigenvalue weighted by molar-refractivity contribution is 0.357. The lowest BCUT2D eigenvalue weighted by Gasteiger charge is -2.28. The predicted octanol–water partition coefficient (Wildman–Crippen LogP) is 2.55. The van der Waals surface area contributed by atoms with Gasteiger partial charge < -0.3 is 0 Å². The van der Waals surface area contributed by atoms with E-state index in [0.29, 0.717) is 18.1 Å². The molecule has 0 atom stereocenters. The summed E-state index contributed by atoms with van der Waals surface area (Å²) in [6, 6.07) is 1.23. The summed E-state index contributed by atoms with van der Waals surface area (Å²) in [4.78, 5) is 13.4. The van der Waals surface area contributed by atoms with Gasteiger partial charge in [0.1, 0.15) is 0 Å². The summed E-state index contributed by atoms with van der Waals surface area (Å²) in [6.45, 7) is 5.93. The van der Waals surface area contributed by atoms with Crippen molar-refractivity contribution < 1.29 is 0 Å². The normalized spacial score (nSPS) is 33.4. The van der Waals surface area contributed by atoms with Crippen molar-refractivity contribution in [1.82, 2.24) is 0 Å². The standard InChI is InChI=1S/C12H21N3/c1-4-13-10-7-11(14-5-2)9-12(8-10)15-6-3/h4-6,10-12H,7-9H2,1-3H3. The third-order valence-electron chi connectivity index (χ3n) is 2.71. The Hall–Kier alpha value is -0.990. The summed E-state index contributed by atoms with van der Waals surface area (Å²) in [5.41, 5.74) is 0. The first-order valence-corrected chi connectivity index (χ1v) is 5.73. The highest BCUT2D eigenvalue weighted by molar-refractivity contribution is 5.55. The van der Waals surface area contributed by atoms with E-state index in [0.717, 1.165) is 19.3 Å². The van der Waals surface area contributed by atoms with Gasteiger partial charge in [-0.1, -0.05) is 0 Å². The Morgan fingerprint density at radius 1 is 0.667 bits per heavy atom. The lowest BCUT2D eigenvalue weighted by Crippen LogP contribution is -2.30. The molecular weight excluding hydrogens is 186 g/mol. The van der Waals surface area contributed by atoms with Crippen LogP contribution in [0.15, 0.2) is 15.0 Å². The van der Waals surface area contributed by atoms with Crippen LogP contribution < -0.4 is 0 Å². The zero-order chi connectivity index (χ0) is 11.1. The maximum absolute atomic E-state index is 4.48. The van der Waals surface area contributed by atoms with E-state index in [2.05, 4.69) is 15.0 Å². The number of rotatable bonds is 3. The number of hydrogen-bond acceptors (Lipinski definition) is 3. The van der Waals surface area contributed by atoms with Gasteiger partial charge in [-0.2, -0.15) is 0 Å². The Morgan fingerprint density at radius 3 is 1.13 bits per heavy atom. The second-order valence-electron chi connectivity index (χ2n) is 3.89. The predicted molar refractivity (Wildman–Crippen MR) is 67.7 cm³/mol. The van der Waals surface area contributed by atoms with Crippen LogP contribution in [0.1, 0.15) is 40.0 Å². The van der Waals surface area contributed by atoms with Crippen LogP contribution in [-0.2, 0) is 0 Å². The van der Waals surface area contributed by atoms with Gasteiger partial charge in [0.05, 0.1) is 18.1 Å². The Bertz CT molecular complexity index is 207. The van der Waals surface area contributed by atoms with Gasteiger partial charge in [-0.05, 0) is 58.7 Å². The highest BCUT2D eigenvalue weighted by atomic mass is 14.9. The summed E-state index contributed by atoms with van der Waals surface area (Å²) in [5.74, 6) is 0. The SMILES string of the molecule is CC=NC1CC(N=CC)CC(N=CC)C1. The maximum atomic E-state index is 4.48. The Morgan fingerprint density at radius 2 is 0.933 bits per heavy atom. The van der Waals surface area contributed by atoms with Crippen LogP contribution in [0, 0.1) is 0 Å². The molecule has 0 N–H and O–H groups in total. The fourth-order valence-corrected chi connectivity index (χ4v) is 2.23. The number of hydrogen-bond donors (Lipinski definition) is 0. The Balaban J connectivity index is 2.63. The topological polar surface area (TPSA) is 37.1 Å². The van der Waals surface area contributed by atoms with Gasteiger partial charge in [-0.15, -0.1) is 0 Å². The van der Waals surface area contributed by atoms with E-state index in [1.165, 1.54) is 0 Å². The van der Waals surface area contributed by atoms with Crippen LogP contribution in [-0.4, -0.2) is 36.8 Å². The second kappa shape index (κ2) is 6.49. The molecule has 84 valence electrons. The van der Waals surface area contributed by atoms with Gasteiger partial charge in [-0.25, -0.2) is 0 Å². The molecule has 0 radical (unpaired) electrons. The van der Waals surface area contributed by atoms with Gasteiger partial charge in [0.25, 0.3) is 0 Å². The molecule has 15 heavy (non-hydrogen) atoms. The first kappa shape index (κ1) is 12.1. The van der Waals surface area contributed by atoms with Gasteiger partial charge in [-0.3, -0.25) is 15.0 Å². The third kappa shape index (κ3) is 3.94. The van der Waals surface area contributed by atoms with Crippen LogP contribution in [0.3, 0.4) is 0 Å². The zero-order valence-electron chi connectivity index (χ0n) is 9.93. The fourth-order valence-electron chi connectivity index (χ4n) is 2.23. The second-order valence-corrected chi connectivity index (χ2v) is 3.89. The molecule has 0 saturated heterocycles. The van der Waals surface area contributed by atoms with Crippen LogP contribution in [0.5, 0.6) is 0 Å². The fraction of sp³-hybridized carbons (Fsp3) is 0.750. The summed E-state index contributed by atoms with van der Waals surface area (Å²) in [5, 5.41) is 0. The smallest absolute Gasteiger partial charge is 0.0536 e. The minimum atomic E-state index is 0.408. The molecule has 0 spiro atoms. The average Bonchev–Trinajstić information content (AvgIpc) is 2.19. The molecule has 1 aliphatic carbocycles. The van der Waals surface area contributed by atoms with Crippen molar-refractivity contribution in [3.63, 3.8) is 0 Å². The Kier molecular flexibility index (Phi) is 5.22. The molecule has 0 heterocycles. The molecular formula is C12H21N3. The maximum Gasteiger partial charge on any atom is 0.0536 e. The molecule has 1 rings (SSSR count). The van der Waals surface area contributed by atoms with Crippen molar-refractivity contribution in [3.8, 4) is 0 Å². The van der Waals surface area contributed by atoms with Crippen molar-refractivity contribution in [2.75, 3.05) is 0 Å². The third-order valence-corrected chi connectivity index (χ3v) is 2.71. The van der Waals surface area contributed by atoms with E-state index in [1.54, 1.807) is 0 Å². The number of nitrogens with zero attached hydrogens (tertiary/aromatic N) is 3. The molecule has 0 amide bonds. The molecule has 0 bridgehead atoms. The first-order valence-electron chi connectivity index (χ1n) is 5.73. The van der Waals surface area contributed by atoms with Crippen LogP contribution in [0.2, 0.25) is 0 Å². The molecule has 1 saturated carbocycles. The molecule has 0 unspecified atom stereocenters. The van der Waals surface area contributed by atoms with Crippen LogP contribution in [0.25, 0.3) is 0 Å². The molecule has 0 aromatic rings. The zero-order valence-corrected chi connectivity index (χ0v) is 9.93. The molecule has 0 aromatic heterocycles. The van der Waals surface area contributed by atoms with E-state index in [-0.39, 0.29) is 0 Å². The summed E-state index contributed by atoms with van der Waals surface area (Å²) in [7, 11) is 0. The minimum Gasteiger partial charge on any atom is -0.294 e. The van der Waals surface area contributed by atoms with Crippen molar-refractivity contribution in [2.45, 2.75) is 58.2 Å². The highest BCUT2D eigenvalue weighted by Gasteiger charge is 2.26. The quantitative estimate of drug-likeness (QED) is 0.638. The van der Waals surface area contributed by atoms with Crippen molar-refractivity contribution >= 4 is 18.6 Å². The largest absolute Gasteiger partial charge is 0.294 e. The first-order chi connectivity index (χ1) is 7.30. The Labute approximate surface area is 92.4 Å². The molecule has 1 fully saturated rings.